The molecule has 1 aliphatic rings. The minimum atomic E-state index is 0.232. The third-order valence-electron chi connectivity index (χ3n) is 4.44. The lowest BCUT2D eigenvalue weighted by molar-refractivity contribution is 0.495. The van der Waals surface area contributed by atoms with Crippen molar-refractivity contribution < 1.29 is 0 Å². The molecule has 1 fully saturated rings. The molecule has 0 aliphatic carbocycles. The Morgan fingerprint density at radius 1 is 1.17 bits per heavy atom. The Hall–Kier alpha value is -2.40. The Bertz CT molecular complexity index is 796. The fraction of sp³-hybridized carbons (Fsp3) is 0.333. The minimum absolute atomic E-state index is 0.232. The standard InChI is InChI=1S/C18H21N5/c19-15-6-4-10-22(13-15)18-21-16-7-1-2-8-17(16)23(18)12-14-5-3-9-20-11-14/h1-3,5,7-9,11,15H,4,6,10,12-13,19H2/t15-/m0/s1. The molecule has 23 heavy (non-hydrogen) atoms. The van der Waals surface area contributed by atoms with Crippen molar-refractivity contribution in [3.63, 3.8) is 0 Å². The molecule has 0 bridgehead atoms. The zero-order valence-corrected chi connectivity index (χ0v) is 13.1. The molecule has 3 heterocycles. The van der Waals surface area contributed by atoms with E-state index in [0.717, 1.165) is 49.5 Å². The molecule has 1 atom stereocenters. The largest absolute Gasteiger partial charge is 0.341 e. The summed E-state index contributed by atoms with van der Waals surface area (Å²) in [6.45, 7) is 2.66. The van der Waals surface area contributed by atoms with Crippen LogP contribution in [0.15, 0.2) is 48.8 Å². The van der Waals surface area contributed by atoms with Crippen LogP contribution in [-0.2, 0) is 6.54 Å². The molecule has 4 rings (SSSR count). The molecule has 118 valence electrons. The number of rotatable bonds is 3. The van der Waals surface area contributed by atoms with Crippen molar-refractivity contribution >= 4 is 17.0 Å². The van der Waals surface area contributed by atoms with E-state index in [-0.39, 0.29) is 6.04 Å². The maximum absolute atomic E-state index is 6.17. The van der Waals surface area contributed by atoms with Crippen molar-refractivity contribution in [2.24, 2.45) is 5.73 Å². The average Bonchev–Trinajstić information content (AvgIpc) is 2.95. The number of nitrogens with two attached hydrogens (primary N) is 1. The van der Waals surface area contributed by atoms with Gasteiger partial charge in [-0.05, 0) is 36.6 Å². The van der Waals surface area contributed by atoms with E-state index < -0.39 is 0 Å². The highest BCUT2D eigenvalue weighted by atomic mass is 15.3. The van der Waals surface area contributed by atoms with Crippen LogP contribution in [0, 0.1) is 0 Å². The predicted molar refractivity (Wildman–Crippen MR) is 92.5 cm³/mol. The molecule has 5 heteroatoms. The van der Waals surface area contributed by atoms with E-state index in [1.807, 2.05) is 18.3 Å². The molecule has 0 radical (unpaired) electrons. The predicted octanol–water partition coefficient (Wildman–Crippen LogP) is 2.41. The lowest BCUT2D eigenvalue weighted by Gasteiger charge is -2.32. The summed E-state index contributed by atoms with van der Waals surface area (Å²) in [6, 6.07) is 12.6. The van der Waals surface area contributed by atoms with E-state index in [4.69, 9.17) is 10.7 Å². The van der Waals surface area contributed by atoms with E-state index in [1.54, 1.807) is 6.20 Å². The third-order valence-corrected chi connectivity index (χ3v) is 4.44. The van der Waals surface area contributed by atoms with Gasteiger partial charge in [0.2, 0.25) is 5.95 Å². The third kappa shape index (κ3) is 2.80. The van der Waals surface area contributed by atoms with Crippen molar-refractivity contribution in [3.05, 3.63) is 54.4 Å². The highest BCUT2D eigenvalue weighted by Crippen LogP contribution is 2.26. The van der Waals surface area contributed by atoms with Crippen LogP contribution in [0.5, 0.6) is 0 Å². The van der Waals surface area contributed by atoms with Gasteiger partial charge in [-0.25, -0.2) is 4.98 Å². The summed E-state index contributed by atoms with van der Waals surface area (Å²) < 4.78 is 2.28. The number of imidazole rings is 1. The summed E-state index contributed by atoms with van der Waals surface area (Å²) in [5.74, 6) is 1.02. The molecule has 3 aromatic rings. The van der Waals surface area contributed by atoms with Crippen LogP contribution in [0.2, 0.25) is 0 Å². The van der Waals surface area contributed by atoms with Gasteiger partial charge in [-0.2, -0.15) is 0 Å². The summed E-state index contributed by atoms with van der Waals surface area (Å²) >= 11 is 0. The molecule has 1 aliphatic heterocycles. The summed E-state index contributed by atoms with van der Waals surface area (Å²) in [7, 11) is 0. The number of benzene rings is 1. The van der Waals surface area contributed by atoms with Crippen molar-refractivity contribution in [1.29, 1.82) is 0 Å². The van der Waals surface area contributed by atoms with Crippen molar-refractivity contribution in [1.82, 2.24) is 14.5 Å². The van der Waals surface area contributed by atoms with E-state index in [2.05, 4.69) is 38.7 Å². The monoisotopic (exact) mass is 307 g/mol. The van der Waals surface area contributed by atoms with Gasteiger partial charge in [0, 0.05) is 31.5 Å². The van der Waals surface area contributed by atoms with Crippen molar-refractivity contribution in [2.75, 3.05) is 18.0 Å². The Kier molecular flexibility index (Phi) is 3.71. The number of pyridine rings is 1. The summed E-state index contributed by atoms with van der Waals surface area (Å²) in [6.07, 6.45) is 5.94. The molecule has 0 saturated carbocycles. The normalized spacial score (nSPS) is 18.5. The van der Waals surface area contributed by atoms with Gasteiger partial charge in [-0.3, -0.25) is 4.98 Å². The van der Waals surface area contributed by atoms with Crippen LogP contribution in [0.25, 0.3) is 11.0 Å². The second kappa shape index (κ2) is 6.01. The lowest BCUT2D eigenvalue weighted by atomic mass is 10.1. The first-order valence-electron chi connectivity index (χ1n) is 8.16. The Morgan fingerprint density at radius 2 is 2.09 bits per heavy atom. The van der Waals surface area contributed by atoms with Gasteiger partial charge < -0.3 is 15.2 Å². The van der Waals surface area contributed by atoms with Gasteiger partial charge >= 0.3 is 0 Å². The van der Waals surface area contributed by atoms with E-state index in [9.17, 15) is 0 Å². The van der Waals surface area contributed by atoms with E-state index in [0.29, 0.717) is 0 Å². The first-order valence-corrected chi connectivity index (χ1v) is 8.16. The van der Waals surface area contributed by atoms with Crippen LogP contribution < -0.4 is 10.6 Å². The molecule has 1 saturated heterocycles. The molecule has 5 nitrogen and oxygen atoms in total. The number of anilines is 1. The number of nitrogens with zero attached hydrogens (tertiary/aromatic N) is 4. The maximum atomic E-state index is 6.17. The molecule has 2 N–H and O–H groups in total. The molecule has 2 aromatic heterocycles. The second-order valence-electron chi connectivity index (χ2n) is 6.20. The summed E-state index contributed by atoms with van der Waals surface area (Å²) in [4.78, 5) is 11.4. The van der Waals surface area contributed by atoms with Crippen molar-refractivity contribution in [3.8, 4) is 0 Å². The van der Waals surface area contributed by atoms with Crippen LogP contribution in [0.3, 0.4) is 0 Å². The summed E-state index contributed by atoms with van der Waals surface area (Å²) in [5, 5.41) is 0. The van der Waals surface area contributed by atoms with Gasteiger partial charge in [0.25, 0.3) is 0 Å². The zero-order chi connectivity index (χ0) is 15.6. The Balaban J connectivity index is 1.78. The highest BCUT2D eigenvalue weighted by Gasteiger charge is 2.22. The maximum Gasteiger partial charge on any atom is 0.206 e. The number of hydrogen-bond acceptors (Lipinski definition) is 4. The molecular weight excluding hydrogens is 286 g/mol. The summed E-state index contributed by atoms with van der Waals surface area (Å²) in [5.41, 5.74) is 9.54. The number of fused-ring (bicyclic) bond motifs is 1. The first-order chi connectivity index (χ1) is 11.3. The van der Waals surface area contributed by atoms with E-state index >= 15 is 0 Å². The van der Waals surface area contributed by atoms with E-state index in [1.165, 1.54) is 5.56 Å². The number of hydrogen-bond donors (Lipinski definition) is 1. The molecular formula is C18H21N5. The SMILES string of the molecule is N[C@H]1CCCN(c2nc3ccccc3n2Cc2cccnc2)C1. The quantitative estimate of drug-likeness (QED) is 0.807. The number of para-hydroxylation sites is 2. The fourth-order valence-electron chi connectivity index (χ4n) is 3.33. The van der Waals surface area contributed by atoms with Crippen LogP contribution in [-0.4, -0.2) is 33.7 Å². The van der Waals surface area contributed by atoms with Gasteiger partial charge in [0.15, 0.2) is 0 Å². The highest BCUT2D eigenvalue weighted by molar-refractivity contribution is 5.79. The van der Waals surface area contributed by atoms with Gasteiger partial charge in [0.05, 0.1) is 17.6 Å². The fourth-order valence-corrected chi connectivity index (χ4v) is 3.33. The second-order valence-corrected chi connectivity index (χ2v) is 6.20. The molecule has 1 aromatic carbocycles. The van der Waals surface area contributed by atoms with Gasteiger partial charge in [-0.1, -0.05) is 18.2 Å². The minimum Gasteiger partial charge on any atom is -0.341 e. The topological polar surface area (TPSA) is 60.0 Å². The average molecular weight is 307 g/mol. The van der Waals surface area contributed by atoms with Crippen molar-refractivity contribution in [2.45, 2.75) is 25.4 Å². The van der Waals surface area contributed by atoms with Gasteiger partial charge in [0.1, 0.15) is 0 Å². The molecule has 0 spiro atoms. The van der Waals surface area contributed by atoms with Crippen LogP contribution in [0.1, 0.15) is 18.4 Å². The smallest absolute Gasteiger partial charge is 0.206 e. The number of piperidine rings is 1. The molecule has 0 amide bonds. The first kappa shape index (κ1) is 14.2. The zero-order valence-electron chi connectivity index (χ0n) is 13.1. The van der Waals surface area contributed by atoms with Gasteiger partial charge in [-0.15, -0.1) is 0 Å². The Morgan fingerprint density at radius 3 is 2.91 bits per heavy atom. The van der Waals surface area contributed by atoms with Crippen LogP contribution in [0.4, 0.5) is 5.95 Å². The Labute approximate surface area is 135 Å². The van der Waals surface area contributed by atoms with Crippen LogP contribution >= 0.6 is 0 Å². The number of aromatic nitrogens is 3. The lowest BCUT2D eigenvalue weighted by Crippen LogP contribution is -2.44. The molecule has 0 unspecified atom stereocenters.